The van der Waals surface area contributed by atoms with Crippen molar-refractivity contribution in [3.05, 3.63) is 41.7 Å². The second-order valence-electron chi connectivity index (χ2n) is 4.98. The molecule has 1 aromatic rings. The number of hydrogen-bond donors (Lipinski definition) is 2. The summed E-state index contributed by atoms with van der Waals surface area (Å²) >= 11 is 0. The maximum Gasteiger partial charge on any atom is 0.261 e. The molecule has 0 saturated heterocycles. The molecule has 1 aliphatic rings. The molecule has 21 heavy (non-hydrogen) atoms. The van der Waals surface area contributed by atoms with Crippen LogP contribution < -0.4 is 15.4 Å². The summed E-state index contributed by atoms with van der Waals surface area (Å²) < 4.78 is 19.0. The Hall–Kier alpha value is -1.88. The van der Waals surface area contributed by atoms with Gasteiger partial charge in [-0.25, -0.2) is 4.39 Å². The van der Waals surface area contributed by atoms with Crippen LogP contribution in [0.4, 0.5) is 4.39 Å². The van der Waals surface area contributed by atoms with Crippen molar-refractivity contribution < 1.29 is 13.9 Å². The van der Waals surface area contributed by atoms with Gasteiger partial charge in [-0.1, -0.05) is 30.7 Å². The van der Waals surface area contributed by atoms with Crippen LogP contribution in [0.1, 0.15) is 19.8 Å². The molecule has 0 saturated carbocycles. The van der Waals surface area contributed by atoms with Gasteiger partial charge in [-0.15, -0.1) is 0 Å². The monoisotopic (exact) mass is 292 g/mol. The van der Waals surface area contributed by atoms with E-state index in [-0.39, 0.29) is 11.7 Å². The van der Waals surface area contributed by atoms with Crippen molar-refractivity contribution in [3.63, 3.8) is 0 Å². The normalized spacial score (nSPS) is 16.0. The molecule has 0 aromatic heterocycles. The molecule has 4 nitrogen and oxygen atoms in total. The third-order valence-corrected chi connectivity index (χ3v) is 3.42. The van der Waals surface area contributed by atoms with E-state index >= 15 is 0 Å². The second-order valence-corrected chi connectivity index (χ2v) is 4.98. The molecule has 1 amide bonds. The maximum atomic E-state index is 13.6. The van der Waals surface area contributed by atoms with E-state index in [2.05, 4.69) is 16.7 Å². The van der Waals surface area contributed by atoms with Gasteiger partial charge in [0.2, 0.25) is 0 Å². The molecule has 114 valence electrons. The molecule has 1 aliphatic heterocycles. The molecule has 5 heteroatoms. The standard InChI is InChI=1S/C16H21FN2O2/c1-2-14(21-15-6-4-3-5-13(15)17)16(20)19-11-12-7-9-18-10-8-12/h3-7,14,18H,2,8-11H2,1H3,(H,19,20). The third kappa shape index (κ3) is 4.56. The number of para-hydroxylation sites is 1. The van der Waals surface area contributed by atoms with Gasteiger partial charge in [-0.05, 0) is 31.5 Å². The first-order chi connectivity index (χ1) is 10.2. The van der Waals surface area contributed by atoms with E-state index in [4.69, 9.17) is 4.74 Å². The lowest BCUT2D eigenvalue weighted by Gasteiger charge is -2.19. The highest BCUT2D eigenvalue weighted by molar-refractivity contribution is 5.81. The van der Waals surface area contributed by atoms with Crippen molar-refractivity contribution in [3.8, 4) is 5.75 Å². The summed E-state index contributed by atoms with van der Waals surface area (Å²) in [5.74, 6) is -0.550. The van der Waals surface area contributed by atoms with Crippen LogP contribution in [-0.2, 0) is 4.79 Å². The number of hydrogen-bond acceptors (Lipinski definition) is 3. The molecule has 0 fully saturated rings. The zero-order valence-corrected chi connectivity index (χ0v) is 12.2. The minimum absolute atomic E-state index is 0.112. The Labute approximate surface area is 124 Å². The van der Waals surface area contributed by atoms with Crippen molar-refractivity contribution in [2.75, 3.05) is 19.6 Å². The van der Waals surface area contributed by atoms with Crippen LogP contribution in [0, 0.1) is 5.82 Å². The van der Waals surface area contributed by atoms with Crippen LogP contribution in [-0.4, -0.2) is 31.6 Å². The fourth-order valence-corrected chi connectivity index (χ4v) is 2.16. The molecule has 1 aromatic carbocycles. The van der Waals surface area contributed by atoms with Crippen LogP contribution >= 0.6 is 0 Å². The van der Waals surface area contributed by atoms with Crippen molar-refractivity contribution in [2.24, 2.45) is 0 Å². The van der Waals surface area contributed by atoms with Crippen molar-refractivity contribution in [1.82, 2.24) is 10.6 Å². The van der Waals surface area contributed by atoms with Crippen LogP contribution in [0.15, 0.2) is 35.9 Å². The quantitative estimate of drug-likeness (QED) is 0.789. The fourth-order valence-electron chi connectivity index (χ4n) is 2.16. The van der Waals surface area contributed by atoms with E-state index in [1.54, 1.807) is 12.1 Å². The van der Waals surface area contributed by atoms with Gasteiger partial charge in [0, 0.05) is 13.1 Å². The molecule has 0 spiro atoms. The van der Waals surface area contributed by atoms with Gasteiger partial charge < -0.3 is 15.4 Å². The summed E-state index contributed by atoms with van der Waals surface area (Å²) in [6, 6.07) is 6.12. The fraction of sp³-hybridized carbons (Fsp3) is 0.438. The second kappa shape index (κ2) is 7.78. The minimum Gasteiger partial charge on any atom is -0.478 e. The van der Waals surface area contributed by atoms with Crippen LogP contribution in [0.3, 0.4) is 0 Å². The molecule has 2 rings (SSSR count). The number of nitrogens with one attached hydrogen (secondary N) is 2. The average molecular weight is 292 g/mol. The molecule has 0 radical (unpaired) electrons. The number of carbonyl (C=O) groups excluding carboxylic acids is 1. The number of carbonyl (C=O) groups is 1. The van der Waals surface area contributed by atoms with E-state index in [1.165, 1.54) is 17.7 Å². The molecule has 0 aliphatic carbocycles. The lowest BCUT2D eigenvalue weighted by Crippen LogP contribution is -2.39. The Bertz CT molecular complexity index is 517. The zero-order valence-electron chi connectivity index (χ0n) is 12.2. The van der Waals surface area contributed by atoms with E-state index < -0.39 is 11.9 Å². The lowest BCUT2D eigenvalue weighted by atomic mass is 10.1. The number of ether oxygens (including phenoxy) is 1. The van der Waals surface area contributed by atoms with Gasteiger partial charge in [0.1, 0.15) is 0 Å². The highest BCUT2D eigenvalue weighted by Gasteiger charge is 2.19. The van der Waals surface area contributed by atoms with Gasteiger partial charge in [0.05, 0.1) is 0 Å². The predicted octanol–water partition coefficient (Wildman–Crippen LogP) is 2.02. The number of amides is 1. The van der Waals surface area contributed by atoms with Gasteiger partial charge in [0.25, 0.3) is 5.91 Å². The summed E-state index contributed by atoms with van der Waals surface area (Å²) in [7, 11) is 0. The van der Waals surface area contributed by atoms with Gasteiger partial charge >= 0.3 is 0 Å². The Morgan fingerprint density at radius 3 is 2.95 bits per heavy atom. The highest BCUT2D eigenvalue weighted by atomic mass is 19.1. The Morgan fingerprint density at radius 2 is 2.29 bits per heavy atom. The topological polar surface area (TPSA) is 50.4 Å². The molecule has 0 bridgehead atoms. The maximum absolute atomic E-state index is 13.6. The molecule has 1 heterocycles. The first kappa shape index (κ1) is 15.5. The lowest BCUT2D eigenvalue weighted by molar-refractivity contribution is -0.128. The SMILES string of the molecule is CCC(Oc1ccccc1F)C(=O)NCC1=CCNCC1. The molecule has 2 N–H and O–H groups in total. The van der Waals surface area contributed by atoms with E-state index in [0.29, 0.717) is 13.0 Å². The van der Waals surface area contributed by atoms with Crippen LogP contribution in [0.25, 0.3) is 0 Å². The highest BCUT2D eigenvalue weighted by Crippen LogP contribution is 2.18. The molecular formula is C16H21FN2O2. The largest absolute Gasteiger partial charge is 0.478 e. The predicted molar refractivity (Wildman–Crippen MR) is 79.7 cm³/mol. The molecule has 1 atom stereocenters. The van der Waals surface area contributed by atoms with Crippen LogP contribution in [0.5, 0.6) is 5.75 Å². The summed E-state index contributed by atoms with van der Waals surface area (Å²) in [5.41, 5.74) is 1.21. The number of rotatable bonds is 6. The van der Waals surface area contributed by atoms with Gasteiger partial charge in [0.15, 0.2) is 17.7 Å². The van der Waals surface area contributed by atoms with E-state index in [0.717, 1.165) is 19.5 Å². The number of halogens is 1. The van der Waals surface area contributed by atoms with Crippen molar-refractivity contribution in [2.45, 2.75) is 25.9 Å². The minimum atomic E-state index is -0.677. The van der Waals surface area contributed by atoms with E-state index in [1.807, 2.05) is 6.92 Å². The van der Waals surface area contributed by atoms with Crippen molar-refractivity contribution >= 4 is 5.91 Å². The van der Waals surface area contributed by atoms with Crippen LogP contribution in [0.2, 0.25) is 0 Å². The Morgan fingerprint density at radius 1 is 1.48 bits per heavy atom. The van der Waals surface area contributed by atoms with E-state index in [9.17, 15) is 9.18 Å². The molecular weight excluding hydrogens is 271 g/mol. The average Bonchev–Trinajstić information content (AvgIpc) is 2.53. The Kier molecular flexibility index (Phi) is 5.75. The first-order valence-electron chi connectivity index (χ1n) is 7.28. The first-order valence-corrected chi connectivity index (χ1v) is 7.28. The van der Waals surface area contributed by atoms with Gasteiger partial charge in [-0.3, -0.25) is 4.79 Å². The summed E-state index contributed by atoms with van der Waals surface area (Å²) in [6.07, 6.45) is 2.83. The summed E-state index contributed by atoms with van der Waals surface area (Å²) in [6.45, 7) is 4.14. The third-order valence-electron chi connectivity index (χ3n) is 3.42. The van der Waals surface area contributed by atoms with Crippen molar-refractivity contribution in [1.29, 1.82) is 0 Å². The summed E-state index contributed by atoms with van der Waals surface area (Å²) in [4.78, 5) is 12.1. The smallest absolute Gasteiger partial charge is 0.261 e. The summed E-state index contributed by atoms with van der Waals surface area (Å²) in [5, 5.41) is 6.08. The zero-order chi connectivity index (χ0) is 15.1. The van der Waals surface area contributed by atoms with Gasteiger partial charge in [-0.2, -0.15) is 0 Å². The number of benzene rings is 1. The molecule has 1 unspecified atom stereocenters. The Balaban J connectivity index is 1.89.